The van der Waals surface area contributed by atoms with Crippen molar-refractivity contribution in [1.82, 2.24) is 9.99 Å². The number of carbonyl (C=O) groups excluding carboxylic acids is 2. The summed E-state index contributed by atoms with van der Waals surface area (Å²) in [6.45, 7) is 6.02. The number of carbonyl (C=O) groups is 2. The Morgan fingerprint density at radius 2 is 1.96 bits per heavy atom. The van der Waals surface area contributed by atoms with Gasteiger partial charge in [-0.3, -0.25) is 0 Å². The molecule has 3 N–H and O–H groups in total. The van der Waals surface area contributed by atoms with Gasteiger partial charge in [-0.2, -0.15) is 5.10 Å². The predicted molar refractivity (Wildman–Crippen MR) is 91.5 cm³/mol. The molecule has 0 unspecified atom stereocenters. The third-order valence-corrected chi connectivity index (χ3v) is 3.49. The molecule has 0 aliphatic carbocycles. The summed E-state index contributed by atoms with van der Waals surface area (Å²) in [4.78, 5) is 22.4. The van der Waals surface area contributed by atoms with Gasteiger partial charge in [0.05, 0.1) is 18.4 Å². The number of nitrogens with one attached hydrogen (secondary N) is 1. The molecule has 1 aromatic carbocycles. The molecular formula is C17H20N4O3. The standard InChI is InChI=1S/C17H20N4O3/c1-4-24-16(22)13-5-7-15(8-6-13)21-11(2)9-14(12(21)3)10-19-20-17(18)23/h5-10H,4H2,1-3H3,(H3,18,20,23). The third-order valence-electron chi connectivity index (χ3n) is 3.49. The molecular weight excluding hydrogens is 308 g/mol. The van der Waals surface area contributed by atoms with E-state index in [-0.39, 0.29) is 5.97 Å². The van der Waals surface area contributed by atoms with Gasteiger partial charge in [0.25, 0.3) is 0 Å². The van der Waals surface area contributed by atoms with Crippen LogP contribution in [0.3, 0.4) is 0 Å². The van der Waals surface area contributed by atoms with E-state index in [4.69, 9.17) is 10.5 Å². The highest BCUT2D eigenvalue weighted by Crippen LogP contribution is 2.20. The molecule has 0 saturated carbocycles. The fraction of sp³-hybridized carbons (Fsp3) is 0.235. The van der Waals surface area contributed by atoms with Crippen molar-refractivity contribution in [3.63, 3.8) is 0 Å². The minimum atomic E-state index is -0.713. The second kappa shape index (κ2) is 7.45. The SMILES string of the molecule is CCOC(=O)c1ccc(-n2c(C)cc(C=NNC(N)=O)c2C)cc1. The lowest BCUT2D eigenvalue weighted by molar-refractivity contribution is 0.0526. The largest absolute Gasteiger partial charge is 0.462 e. The van der Waals surface area contributed by atoms with E-state index in [9.17, 15) is 9.59 Å². The van der Waals surface area contributed by atoms with Gasteiger partial charge in [-0.1, -0.05) is 0 Å². The molecule has 2 aromatic rings. The molecule has 2 amide bonds. The Bertz CT molecular complexity index is 776. The molecule has 1 heterocycles. The lowest BCUT2D eigenvalue weighted by atomic mass is 10.2. The quantitative estimate of drug-likeness (QED) is 0.500. The van der Waals surface area contributed by atoms with Gasteiger partial charge in [-0.05, 0) is 51.1 Å². The third kappa shape index (κ3) is 3.81. The Labute approximate surface area is 140 Å². The predicted octanol–water partition coefficient (Wildman–Crippen LogP) is 2.27. The molecule has 24 heavy (non-hydrogen) atoms. The zero-order chi connectivity index (χ0) is 17.7. The highest BCUT2D eigenvalue weighted by Gasteiger charge is 2.11. The molecule has 0 spiro atoms. The summed E-state index contributed by atoms with van der Waals surface area (Å²) < 4.78 is 7.01. The second-order valence-corrected chi connectivity index (χ2v) is 5.16. The molecule has 7 heteroatoms. The van der Waals surface area contributed by atoms with Crippen LogP contribution in [0.2, 0.25) is 0 Å². The van der Waals surface area contributed by atoms with Crippen LogP contribution in [0.1, 0.15) is 34.2 Å². The Kier molecular flexibility index (Phi) is 5.36. The number of nitrogens with two attached hydrogens (primary N) is 1. The summed E-state index contributed by atoms with van der Waals surface area (Å²) in [7, 11) is 0. The van der Waals surface area contributed by atoms with Crippen LogP contribution >= 0.6 is 0 Å². The summed E-state index contributed by atoms with van der Waals surface area (Å²) in [5.41, 5.74) is 11.4. The van der Waals surface area contributed by atoms with E-state index in [1.54, 1.807) is 19.1 Å². The van der Waals surface area contributed by atoms with Crippen molar-refractivity contribution >= 4 is 18.2 Å². The molecule has 2 rings (SSSR count). The van der Waals surface area contributed by atoms with Crippen molar-refractivity contribution in [2.75, 3.05) is 6.61 Å². The lowest BCUT2D eigenvalue weighted by Gasteiger charge is -2.10. The van der Waals surface area contributed by atoms with E-state index in [1.165, 1.54) is 6.21 Å². The van der Waals surface area contributed by atoms with E-state index in [2.05, 4.69) is 10.5 Å². The maximum atomic E-state index is 11.7. The molecule has 0 bridgehead atoms. The Morgan fingerprint density at radius 3 is 2.54 bits per heavy atom. The van der Waals surface area contributed by atoms with Crippen molar-refractivity contribution in [2.24, 2.45) is 10.8 Å². The van der Waals surface area contributed by atoms with Gasteiger partial charge >= 0.3 is 12.0 Å². The fourth-order valence-electron chi connectivity index (χ4n) is 2.44. The molecule has 7 nitrogen and oxygen atoms in total. The number of amides is 2. The summed E-state index contributed by atoms with van der Waals surface area (Å²) in [6, 6.07) is 8.41. The van der Waals surface area contributed by atoms with Crippen LogP contribution in [0, 0.1) is 13.8 Å². The van der Waals surface area contributed by atoms with Gasteiger partial charge in [0, 0.05) is 22.6 Å². The van der Waals surface area contributed by atoms with Crippen molar-refractivity contribution in [2.45, 2.75) is 20.8 Å². The minimum Gasteiger partial charge on any atom is -0.462 e. The van der Waals surface area contributed by atoms with E-state index in [0.29, 0.717) is 12.2 Å². The molecule has 0 aliphatic heterocycles. The van der Waals surface area contributed by atoms with E-state index in [0.717, 1.165) is 22.6 Å². The van der Waals surface area contributed by atoms with Gasteiger partial charge in [0.2, 0.25) is 0 Å². The number of esters is 1. The number of benzene rings is 1. The summed E-state index contributed by atoms with van der Waals surface area (Å²) in [6.07, 6.45) is 1.54. The van der Waals surface area contributed by atoms with Crippen molar-refractivity contribution in [1.29, 1.82) is 0 Å². The number of primary amides is 1. The van der Waals surface area contributed by atoms with Crippen LogP contribution in [-0.4, -0.2) is 29.4 Å². The van der Waals surface area contributed by atoms with Crippen molar-refractivity contribution in [3.05, 3.63) is 52.8 Å². The van der Waals surface area contributed by atoms with Crippen LogP contribution < -0.4 is 11.2 Å². The highest BCUT2D eigenvalue weighted by molar-refractivity contribution is 5.89. The Hall–Kier alpha value is -3.09. The van der Waals surface area contributed by atoms with Gasteiger partial charge < -0.3 is 15.0 Å². The first-order valence-corrected chi connectivity index (χ1v) is 7.49. The minimum absolute atomic E-state index is 0.338. The van der Waals surface area contributed by atoms with Crippen LogP contribution in [-0.2, 0) is 4.74 Å². The molecule has 126 valence electrons. The second-order valence-electron chi connectivity index (χ2n) is 5.16. The number of aryl methyl sites for hydroxylation is 1. The molecule has 0 fully saturated rings. The topological polar surface area (TPSA) is 98.7 Å². The number of rotatable bonds is 5. The van der Waals surface area contributed by atoms with E-state index >= 15 is 0 Å². The van der Waals surface area contributed by atoms with E-state index < -0.39 is 6.03 Å². The highest BCUT2D eigenvalue weighted by atomic mass is 16.5. The number of nitrogens with zero attached hydrogens (tertiary/aromatic N) is 2. The summed E-state index contributed by atoms with van der Waals surface area (Å²) in [5.74, 6) is -0.338. The van der Waals surface area contributed by atoms with Crippen LogP contribution in [0.5, 0.6) is 0 Å². The number of aromatic nitrogens is 1. The average Bonchev–Trinajstić information content (AvgIpc) is 2.82. The van der Waals surface area contributed by atoms with Gasteiger partial charge in [-0.25, -0.2) is 15.0 Å². The van der Waals surface area contributed by atoms with Crippen LogP contribution in [0.25, 0.3) is 5.69 Å². The average molecular weight is 328 g/mol. The van der Waals surface area contributed by atoms with Crippen molar-refractivity contribution < 1.29 is 14.3 Å². The first kappa shape index (κ1) is 17.3. The van der Waals surface area contributed by atoms with Gasteiger partial charge in [0.15, 0.2) is 0 Å². The fourth-order valence-corrected chi connectivity index (χ4v) is 2.44. The zero-order valence-corrected chi connectivity index (χ0v) is 13.9. The Balaban J connectivity index is 2.29. The number of ether oxygens (including phenoxy) is 1. The summed E-state index contributed by atoms with van der Waals surface area (Å²) >= 11 is 0. The van der Waals surface area contributed by atoms with Gasteiger partial charge in [-0.15, -0.1) is 0 Å². The number of urea groups is 1. The van der Waals surface area contributed by atoms with Gasteiger partial charge in [0.1, 0.15) is 0 Å². The first-order valence-electron chi connectivity index (χ1n) is 7.49. The molecule has 0 saturated heterocycles. The molecule has 1 aromatic heterocycles. The normalized spacial score (nSPS) is 10.8. The van der Waals surface area contributed by atoms with Crippen LogP contribution in [0.15, 0.2) is 35.4 Å². The van der Waals surface area contributed by atoms with Crippen molar-refractivity contribution in [3.8, 4) is 5.69 Å². The molecule has 0 radical (unpaired) electrons. The first-order chi connectivity index (χ1) is 11.4. The van der Waals surface area contributed by atoms with Crippen LogP contribution in [0.4, 0.5) is 4.79 Å². The number of hydrogen-bond donors (Lipinski definition) is 2. The molecule has 0 atom stereocenters. The smallest absolute Gasteiger partial charge is 0.338 e. The monoisotopic (exact) mass is 328 g/mol. The Morgan fingerprint density at radius 1 is 1.29 bits per heavy atom. The lowest BCUT2D eigenvalue weighted by Crippen LogP contribution is -2.24. The maximum absolute atomic E-state index is 11.7. The summed E-state index contributed by atoms with van der Waals surface area (Å²) in [5, 5.41) is 3.78. The molecule has 0 aliphatic rings. The number of hydrazone groups is 1. The maximum Gasteiger partial charge on any atom is 0.338 e. The zero-order valence-electron chi connectivity index (χ0n) is 13.9. The number of hydrogen-bond acceptors (Lipinski definition) is 4. The van der Waals surface area contributed by atoms with E-state index in [1.807, 2.05) is 36.6 Å².